The van der Waals surface area contributed by atoms with E-state index in [-0.39, 0.29) is 28.4 Å². The lowest BCUT2D eigenvalue weighted by Crippen LogP contribution is -2.34. The molecule has 0 saturated carbocycles. The number of nitrogens with two attached hydrogens (primary N) is 1. The molecule has 3 N–H and O–H groups in total. The van der Waals surface area contributed by atoms with Gasteiger partial charge in [-0.25, -0.2) is 19.1 Å². The minimum atomic E-state index is -4.33. The lowest BCUT2D eigenvalue weighted by Gasteiger charge is -2.28. The average Bonchev–Trinajstić information content (AvgIpc) is 3.46. The highest BCUT2D eigenvalue weighted by Crippen LogP contribution is 2.38. The smallest absolute Gasteiger partial charge is 0.281 e. The molecular weight excluding hydrogens is 557 g/mol. The van der Waals surface area contributed by atoms with Crippen molar-refractivity contribution in [3.8, 4) is 17.0 Å². The zero-order valence-electron chi connectivity index (χ0n) is 23.3. The molecule has 218 valence electrons. The predicted octanol–water partition coefficient (Wildman–Crippen LogP) is 5.36. The number of hydrogen-bond acceptors (Lipinski definition) is 8. The minimum Gasteiger partial charge on any atom is -0.493 e. The number of aromatic nitrogens is 2. The number of nitrogens with one attached hydrogen (secondary N) is 1. The number of benzene rings is 2. The van der Waals surface area contributed by atoms with Crippen molar-refractivity contribution >= 4 is 27.6 Å². The van der Waals surface area contributed by atoms with Crippen molar-refractivity contribution < 1.29 is 22.3 Å². The van der Waals surface area contributed by atoms with E-state index in [9.17, 15) is 17.6 Å². The number of hydrogen-bond donors (Lipinski definition) is 2. The van der Waals surface area contributed by atoms with Crippen LogP contribution in [0.15, 0.2) is 83.9 Å². The Hall–Kier alpha value is -4.51. The van der Waals surface area contributed by atoms with Crippen molar-refractivity contribution in [2.24, 2.45) is 5.92 Å². The van der Waals surface area contributed by atoms with Crippen LogP contribution >= 0.6 is 0 Å². The van der Waals surface area contributed by atoms with Crippen LogP contribution in [0.5, 0.6) is 5.75 Å². The van der Waals surface area contributed by atoms with Gasteiger partial charge in [0.25, 0.3) is 15.9 Å². The minimum absolute atomic E-state index is 0.00615. The second-order valence-electron chi connectivity index (χ2n) is 10.5. The number of halogens is 1. The first-order valence-corrected chi connectivity index (χ1v) is 15.1. The van der Waals surface area contributed by atoms with Gasteiger partial charge in [-0.3, -0.25) is 4.79 Å². The zero-order valence-corrected chi connectivity index (χ0v) is 24.1. The number of nitrogens with zero attached hydrogens (tertiary/aromatic N) is 3. The number of amides is 1. The third-order valence-corrected chi connectivity index (χ3v) is 8.06. The summed E-state index contributed by atoms with van der Waals surface area (Å²) in [5.41, 5.74) is 7.64. The van der Waals surface area contributed by atoms with Gasteiger partial charge in [0.1, 0.15) is 23.2 Å². The molecule has 1 unspecified atom stereocenters. The summed E-state index contributed by atoms with van der Waals surface area (Å²) in [6, 6.07) is 21.3. The lowest BCUT2D eigenvalue weighted by molar-refractivity contribution is 0.0981. The maximum Gasteiger partial charge on any atom is 0.281 e. The fraction of sp³-hybridized carbons (Fsp3) is 0.258. The first kappa shape index (κ1) is 29.0. The largest absolute Gasteiger partial charge is 0.493 e. The summed E-state index contributed by atoms with van der Waals surface area (Å²) < 4.78 is 48.5. The topological polar surface area (TPSA) is 128 Å². The van der Waals surface area contributed by atoms with Crippen LogP contribution in [0.1, 0.15) is 48.7 Å². The predicted molar refractivity (Wildman–Crippen MR) is 159 cm³/mol. The van der Waals surface area contributed by atoms with E-state index in [2.05, 4.69) is 9.71 Å². The Kier molecular flexibility index (Phi) is 8.39. The molecule has 4 aromatic rings. The van der Waals surface area contributed by atoms with Crippen molar-refractivity contribution in [3.05, 3.63) is 95.8 Å². The Balaban J connectivity index is 1.57. The molecule has 0 aliphatic carbocycles. The van der Waals surface area contributed by atoms with Crippen LogP contribution in [0.4, 0.5) is 16.0 Å². The van der Waals surface area contributed by atoms with Gasteiger partial charge >= 0.3 is 0 Å². The second-order valence-corrected chi connectivity index (χ2v) is 12.2. The van der Waals surface area contributed by atoms with E-state index in [0.717, 1.165) is 18.4 Å². The van der Waals surface area contributed by atoms with Crippen LogP contribution in [-0.4, -0.2) is 37.4 Å². The molecule has 1 aliphatic rings. The van der Waals surface area contributed by atoms with Gasteiger partial charge < -0.3 is 15.4 Å². The summed E-state index contributed by atoms with van der Waals surface area (Å²) in [5.74, 6) is -0.434. The molecule has 2 aromatic heterocycles. The molecule has 0 bridgehead atoms. The van der Waals surface area contributed by atoms with Gasteiger partial charge in [-0.1, -0.05) is 50.2 Å². The molecule has 3 heterocycles. The van der Waals surface area contributed by atoms with Crippen LogP contribution in [-0.2, 0) is 10.0 Å². The average molecular weight is 590 g/mol. The first-order chi connectivity index (χ1) is 20.1. The molecule has 1 saturated heterocycles. The molecule has 1 amide bonds. The molecule has 5 rings (SSSR count). The van der Waals surface area contributed by atoms with Gasteiger partial charge in [0.15, 0.2) is 5.03 Å². The molecule has 1 aliphatic heterocycles. The van der Waals surface area contributed by atoms with Gasteiger partial charge in [0, 0.05) is 18.2 Å². The number of nitrogen functional groups attached to an aromatic ring is 1. The van der Waals surface area contributed by atoms with Crippen LogP contribution in [0.3, 0.4) is 0 Å². The third kappa shape index (κ3) is 6.52. The molecule has 2 aromatic carbocycles. The van der Waals surface area contributed by atoms with E-state index >= 15 is 0 Å². The molecule has 42 heavy (non-hydrogen) atoms. The Morgan fingerprint density at radius 2 is 1.86 bits per heavy atom. The number of sulfonamides is 1. The molecule has 1 fully saturated rings. The third-order valence-electron chi connectivity index (χ3n) is 6.83. The summed E-state index contributed by atoms with van der Waals surface area (Å²) >= 11 is 0. The van der Waals surface area contributed by atoms with Crippen LogP contribution in [0.2, 0.25) is 0 Å². The monoisotopic (exact) mass is 589 g/mol. The first-order valence-electron chi connectivity index (χ1n) is 13.7. The number of carbonyl (C=O) groups excluding carboxylic acids is 1. The van der Waals surface area contributed by atoms with E-state index in [1.54, 1.807) is 12.1 Å². The van der Waals surface area contributed by atoms with E-state index in [1.165, 1.54) is 36.4 Å². The Labute approximate surface area is 244 Å². The van der Waals surface area contributed by atoms with Crippen LogP contribution in [0.25, 0.3) is 11.3 Å². The van der Waals surface area contributed by atoms with Gasteiger partial charge in [0.2, 0.25) is 0 Å². The molecule has 0 radical (unpaired) electrons. The normalized spacial score (nSPS) is 15.1. The number of ether oxygens (including phenoxy) is 1. The summed E-state index contributed by atoms with van der Waals surface area (Å²) in [5, 5.41) is -0.376. The molecule has 11 heteroatoms. The SMILES string of the molecule is CC(C)COc1cc(F)cc(-c2ccc(C(=O)NS(=O)(=O)c3cccc(N)n3)c(N3CCCC3c3ccccc3)n2)c1. The number of anilines is 2. The standard InChI is InChI=1S/C31H32FN5O4S/c1-20(2)19-41-24-17-22(16-23(32)18-24)26-14-13-25(31(38)36-42(39,40)29-12-6-11-28(33)35-29)30(34-26)37-15-7-10-27(37)21-8-4-3-5-9-21/h3-6,8-9,11-14,16-18,20,27H,7,10,15,19H2,1-2H3,(H2,33,35)(H,36,38). The number of rotatable bonds is 9. The summed E-state index contributed by atoms with van der Waals surface area (Å²) in [6.45, 7) is 5.01. The van der Waals surface area contributed by atoms with E-state index in [0.29, 0.717) is 36.0 Å². The lowest BCUT2D eigenvalue weighted by atomic mass is 10.0. The van der Waals surface area contributed by atoms with Crippen molar-refractivity contribution in [3.63, 3.8) is 0 Å². The fourth-order valence-corrected chi connectivity index (χ4v) is 5.86. The van der Waals surface area contributed by atoms with Gasteiger partial charge in [-0.15, -0.1) is 0 Å². The van der Waals surface area contributed by atoms with E-state index in [1.807, 2.05) is 49.1 Å². The maximum absolute atomic E-state index is 14.6. The summed E-state index contributed by atoms with van der Waals surface area (Å²) in [7, 11) is -4.33. The van der Waals surface area contributed by atoms with Crippen LogP contribution in [0, 0.1) is 11.7 Å². The summed E-state index contributed by atoms with van der Waals surface area (Å²) in [4.78, 5) is 24.2. The highest BCUT2D eigenvalue weighted by molar-refractivity contribution is 7.90. The zero-order chi connectivity index (χ0) is 29.9. The molecular formula is C31H32FN5O4S. The van der Waals surface area contributed by atoms with Gasteiger partial charge in [-0.2, -0.15) is 8.42 Å². The van der Waals surface area contributed by atoms with Crippen molar-refractivity contribution in [2.45, 2.75) is 37.8 Å². The number of carbonyl (C=O) groups is 1. The van der Waals surface area contributed by atoms with E-state index in [4.69, 9.17) is 15.5 Å². The Morgan fingerprint density at radius 3 is 2.60 bits per heavy atom. The molecule has 1 atom stereocenters. The Morgan fingerprint density at radius 1 is 1.07 bits per heavy atom. The Bertz CT molecular complexity index is 1700. The molecule has 9 nitrogen and oxygen atoms in total. The summed E-state index contributed by atoms with van der Waals surface area (Å²) in [6.07, 6.45) is 1.65. The van der Waals surface area contributed by atoms with Gasteiger partial charge in [0.05, 0.1) is 23.9 Å². The van der Waals surface area contributed by atoms with Crippen LogP contribution < -0.4 is 20.1 Å². The highest BCUT2D eigenvalue weighted by atomic mass is 32.2. The van der Waals surface area contributed by atoms with E-state index < -0.39 is 21.7 Å². The second kappa shape index (κ2) is 12.2. The number of pyridine rings is 2. The quantitative estimate of drug-likeness (QED) is 0.267. The van der Waals surface area contributed by atoms with Gasteiger partial charge in [-0.05, 0) is 60.7 Å². The maximum atomic E-state index is 14.6. The van der Waals surface area contributed by atoms with Crippen molar-refractivity contribution in [1.82, 2.24) is 14.7 Å². The molecule has 0 spiro atoms. The van der Waals surface area contributed by atoms with Crippen molar-refractivity contribution in [2.75, 3.05) is 23.8 Å². The highest BCUT2D eigenvalue weighted by Gasteiger charge is 2.32. The fourth-order valence-electron chi connectivity index (χ4n) is 4.91. The van der Waals surface area contributed by atoms with Crippen molar-refractivity contribution in [1.29, 1.82) is 0 Å².